The van der Waals surface area contributed by atoms with E-state index in [4.69, 9.17) is 0 Å². The Balaban J connectivity index is 2.23. The van der Waals surface area contributed by atoms with Crippen molar-refractivity contribution in [2.75, 3.05) is 0 Å². The zero-order valence-corrected chi connectivity index (χ0v) is 9.46. The van der Waals surface area contributed by atoms with Gasteiger partial charge in [0.1, 0.15) is 6.33 Å². The second kappa shape index (κ2) is 3.94. The molecular formula is C14H11N3. The summed E-state index contributed by atoms with van der Waals surface area (Å²) in [6, 6.07) is 12.0. The van der Waals surface area contributed by atoms with Crippen LogP contribution in [0.5, 0.6) is 0 Å². The van der Waals surface area contributed by atoms with Crippen LogP contribution in [0.1, 0.15) is 5.69 Å². The minimum absolute atomic E-state index is 0.970. The van der Waals surface area contributed by atoms with Gasteiger partial charge in [0.25, 0.3) is 0 Å². The van der Waals surface area contributed by atoms with Crippen molar-refractivity contribution in [2.45, 2.75) is 6.92 Å². The van der Waals surface area contributed by atoms with Crippen molar-refractivity contribution < 1.29 is 0 Å². The van der Waals surface area contributed by atoms with E-state index in [0.717, 1.165) is 27.9 Å². The lowest BCUT2D eigenvalue weighted by Gasteiger charge is -2.04. The van der Waals surface area contributed by atoms with Crippen LogP contribution in [0.4, 0.5) is 0 Å². The average molecular weight is 221 g/mol. The van der Waals surface area contributed by atoms with E-state index in [1.54, 1.807) is 12.5 Å². The fourth-order valence-corrected chi connectivity index (χ4v) is 1.88. The number of hydrogen-bond donors (Lipinski definition) is 0. The summed E-state index contributed by atoms with van der Waals surface area (Å²) in [7, 11) is 0. The fourth-order valence-electron chi connectivity index (χ4n) is 1.88. The van der Waals surface area contributed by atoms with Crippen LogP contribution in [-0.2, 0) is 0 Å². The fraction of sp³-hybridized carbons (Fsp3) is 0.0714. The maximum absolute atomic E-state index is 4.34. The van der Waals surface area contributed by atoms with Crippen molar-refractivity contribution >= 4 is 10.9 Å². The molecule has 0 bridgehead atoms. The average Bonchev–Trinajstić information content (AvgIpc) is 2.40. The van der Waals surface area contributed by atoms with Crippen LogP contribution in [0.3, 0.4) is 0 Å². The highest BCUT2D eigenvalue weighted by Gasteiger charge is 2.03. The maximum atomic E-state index is 4.34. The Hall–Kier alpha value is -2.29. The molecule has 0 aliphatic carbocycles. The molecule has 0 radical (unpaired) electrons. The summed E-state index contributed by atoms with van der Waals surface area (Å²) in [5.74, 6) is 0. The van der Waals surface area contributed by atoms with E-state index in [0.29, 0.717) is 0 Å². The van der Waals surface area contributed by atoms with Gasteiger partial charge < -0.3 is 0 Å². The van der Waals surface area contributed by atoms with Crippen molar-refractivity contribution in [3.05, 3.63) is 54.6 Å². The van der Waals surface area contributed by atoms with Crippen molar-refractivity contribution in [2.24, 2.45) is 0 Å². The number of pyridine rings is 1. The molecule has 1 aromatic carbocycles. The standard InChI is InChI=1S/C14H11N3/c1-10-12-8-11(13-4-2-3-7-15-13)5-6-14(12)17-9-16-10/h2-9H,1H3. The lowest BCUT2D eigenvalue weighted by molar-refractivity contribution is 1.15. The van der Waals surface area contributed by atoms with Gasteiger partial charge in [0, 0.05) is 22.8 Å². The first-order chi connectivity index (χ1) is 8.34. The first-order valence-corrected chi connectivity index (χ1v) is 5.47. The molecule has 0 saturated carbocycles. The molecule has 17 heavy (non-hydrogen) atoms. The molecule has 0 amide bonds. The SMILES string of the molecule is Cc1ncnc2ccc(-c3ccccn3)cc12. The number of aromatic nitrogens is 3. The van der Waals surface area contributed by atoms with Crippen LogP contribution >= 0.6 is 0 Å². The minimum Gasteiger partial charge on any atom is -0.256 e. The number of fused-ring (bicyclic) bond motifs is 1. The van der Waals surface area contributed by atoms with Gasteiger partial charge in [-0.1, -0.05) is 12.1 Å². The molecule has 0 aliphatic rings. The summed E-state index contributed by atoms with van der Waals surface area (Å²) in [6.07, 6.45) is 3.39. The molecule has 0 unspecified atom stereocenters. The van der Waals surface area contributed by atoms with Gasteiger partial charge in [-0.05, 0) is 31.2 Å². The molecule has 2 heterocycles. The third-order valence-electron chi connectivity index (χ3n) is 2.80. The number of nitrogens with zero attached hydrogens (tertiary/aromatic N) is 3. The largest absolute Gasteiger partial charge is 0.256 e. The van der Waals surface area contributed by atoms with Crippen LogP contribution in [0.25, 0.3) is 22.2 Å². The predicted octanol–water partition coefficient (Wildman–Crippen LogP) is 3.00. The third-order valence-corrected chi connectivity index (χ3v) is 2.80. The Morgan fingerprint density at radius 2 is 1.88 bits per heavy atom. The van der Waals surface area contributed by atoms with E-state index in [1.165, 1.54) is 0 Å². The number of rotatable bonds is 1. The van der Waals surface area contributed by atoms with Crippen molar-refractivity contribution in [3.63, 3.8) is 0 Å². The van der Waals surface area contributed by atoms with Gasteiger partial charge in [0.15, 0.2) is 0 Å². The topological polar surface area (TPSA) is 38.7 Å². The van der Waals surface area contributed by atoms with Gasteiger partial charge >= 0.3 is 0 Å². The highest BCUT2D eigenvalue weighted by atomic mass is 14.8. The van der Waals surface area contributed by atoms with E-state index in [9.17, 15) is 0 Å². The summed E-state index contributed by atoms with van der Waals surface area (Å²) in [5.41, 5.74) is 4.03. The smallest absolute Gasteiger partial charge is 0.116 e. The molecule has 3 rings (SSSR count). The summed E-state index contributed by atoms with van der Waals surface area (Å²) in [4.78, 5) is 12.8. The van der Waals surface area contributed by atoms with Crippen LogP contribution in [-0.4, -0.2) is 15.0 Å². The highest BCUT2D eigenvalue weighted by molar-refractivity contribution is 5.85. The lowest BCUT2D eigenvalue weighted by atomic mass is 10.1. The number of benzene rings is 1. The molecular weight excluding hydrogens is 210 g/mol. The lowest BCUT2D eigenvalue weighted by Crippen LogP contribution is -1.88. The molecule has 0 fully saturated rings. The van der Waals surface area contributed by atoms with E-state index < -0.39 is 0 Å². The molecule has 3 aromatic rings. The Bertz CT molecular complexity index is 663. The second-order valence-electron chi connectivity index (χ2n) is 3.91. The Kier molecular flexibility index (Phi) is 2.29. The van der Waals surface area contributed by atoms with Crippen molar-refractivity contribution in [1.82, 2.24) is 15.0 Å². The van der Waals surface area contributed by atoms with Crippen LogP contribution < -0.4 is 0 Å². The second-order valence-corrected chi connectivity index (χ2v) is 3.91. The molecule has 82 valence electrons. The van der Waals surface area contributed by atoms with Crippen LogP contribution in [0.15, 0.2) is 48.9 Å². The molecule has 3 heteroatoms. The first kappa shape index (κ1) is 9.90. The molecule has 0 aliphatic heterocycles. The third kappa shape index (κ3) is 1.76. The molecule has 0 N–H and O–H groups in total. The van der Waals surface area contributed by atoms with E-state index in [1.807, 2.05) is 37.3 Å². The maximum Gasteiger partial charge on any atom is 0.116 e. The molecule has 3 nitrogen and oxygen atoms in total. The van der Waals surface area contributed by atoms with Crippen molar-refractivity contribution in [1.29, 1.82) is 0 Å². The van der Waals surface area contributed by atoms with Crippen LogP contribution in [0.2, 0.25) is 0 Å². The molecule has 2 aromatic heterocycles. The number of hydrogen-bond acceptors (Lipinski definition) is 3. The number of aryl methyl sites for hydroxylation is 1. The molecule has 0 spiro atoms. The van der Waals surface area contributed by atoms with Crippen LogP contribution in [0, 0.1) is 6.92 Å². The highest BCUT2D eigenvalue weighted by Crippen LogP contribution is 2.22. The summed E-state index contributed by atoms with van der Waals surface area (Å²) < 4.78 is 0. The Morgan fingerprint density at radius 1 is 0.941 bits per heavy atom. The van der Waals surface area contributed by atoms with Crippen molar-refractivity contribution in [3.8, 4) is 11.3 Å². The normalized spacial score (nSPS) is 10.6. The molecule has 0 atom stereocenters. The zero-order valence-electron chi connectivity index (χ0n) is 9.46. The van der Waals surface area contributed by atoms with E-state index in [-0.39, 0.29) is 0 Å². The molecule has 0 saturated heterocycles. The quantitative estimate of drug-likeness (QED) is 0.634. The summed E-state index contributed by atoms with van der Waals surface area (Å²) in [6.45, 7) is 1.99. The van der Waals surface area contributed by atoms with Gasteiger partial charge in [-0.2, -0.15) is 0 Å². The Labute approximate surface area is 99.2 Å². The monoisotopic (exact) mass is 221 g/mol. The van der Waals surface area contributed by atoms with Gasteiger partial charge in [-0.25, -0.2) is 9.97 Å². The summed E-state index contributed by atoms with van der Waals surface area (Å²) in [5, 5.41) is 1.08. The predicted molar refractivity (Wildman–Crippen MR) is 67.5 cm³/mol. The minimum atomic E-state index is 0.970. The zero-order chi connectivity index (χ0) is 11.7. The van der Waals surface area contributed by atoms with E-state index in [2.05, 4.69) is 21.0 Å². The van der Waals surface area contributed by atoms with Gasteiger partial charge in [-0.3, -0.25) is 4.98 Å². The Morgan fingerprint density at radius 3 is 2.71 bits per heavy atom. The summed E-state index contributed by atoms with van der Waals surface area (Å²) >= 11 is 0. The first-order valence-electron chi connectivity index (χ1n) is 5.47. The van der Waals surface area contributed by atoms with E-state index >= 15 is 0 Å². The van der Waals surface area contributed by atoms with Gasteiger partial charge in [0.05, 0.1) is 11.2 Å². The van der Waals surface area contributed by atoms with Gasteiger partial charge in [0.2, 0.25) is 0 Å². The van der Waals surface area contributed by atoms with Gasteiger partial charge in [-0.15, -0.1) is 0 Å².